The summed E-state index contributed by atoms with van der Waals surface area (Å²) in [6.45, 7) is 0. The first-order valence-electron chi connectivity index (χ1n) is 4.18. The minimum atomic E-state index is -0.0943. The van der Waals surface area contributed by atoms with E-state index in [9.17, 15) is 5.11 Å². The van der Waals surface area contributed by atoms with E-state index in [-0.39, 0.29) is 11.3 Å². The van der Waals surface area contributed by atoms with Crippen LogP contribution in [0.4, 0.5) is 0 Å². The second-order valence-corrected chi connectivity index (χ2v) is 2.85. The molecule has 2 rings (SSSR count). The molecule has 1 N–H and O–H groups in total. The predicted molar refractivity (Wildman–Crippen MR) is 52.5 cm³/mol. The lowest BCUT2D eigenvalue weighted by atomic mass is 10.2. The van der Waals surface area contributed by atoms with Gasteiger partial charge in [0.2, 0.25) is 5.88 Å². The summed E-state index contributed by atoms with van der Waals surface area (Å²) in [7, 11) is 1.47. The van der Waals surface area contributed by atoms with Gasteiger partial charge in [0.15, 0.2) is 0 Å². The van der Waals surface area contributed by atoms with E-state index in [0.29, 0.717) is 16.8 Å². The Labute approximate surface area is 85.6 Å². The predicted octanol–water partition coefficient (Wildman–Crippen LogP) is 1.22. The highest BCUT2D eigenvalue weighted by molar-refractivity contribution is 5.89. The number of aromatic hydroxyl groups is 1. The number of methoxy groups -OCH3 is 1. The number of nitrogens with zero attached hydrogens (tertiary/aromatic N) is 3. The van der Waals surface area contributed by atoms with E-state index in [1.165, 1.54) is 19.5 Å². The maximum absolute atomic E-state index is 9.72. The second kappa shape index (κ2) is 3.42. The number of hydrogen-bond acceptors (Lipinski definition) is 5. The van der Waals surface area contributed by atoms with Gasteiger partial charge in [-0.15, -0.1) is 0 Å². The molecule has 0 aromatic carbocycles. The number of hydrogen-bond donors (Lipinski definition) is 1. The number of pyridine rings is 2. The van der Waals surface area contributed by atoms with Crippen molar-refractivity contribution < 1.29 is 9.84 Å². The van der Waals surface area contributed by atoms with E-state index in [2.05, 4.69) is 9.97 Å². The molecule has 15 heavy (non-hydrogen) atoms. The summed E-state index contributed by atoms with van der Waals surface area (Å²) >= 11 is 0. The van der Waals surface area contributed by atoms with E-state index >= 15 is 0 Å². The van der Waals surface area contributed by atoms with Crippen molar-refractivity contribution in [1.29, 1.82) is 5.26 Å². The Balaban J connectivity index is 2.85. The molecule has 2 aromatic heterocycles. The van der Waals surface area contributed by atoms with Crippen LogP contribution in [0.2, 0.25) is 0 Å². The van der Waals surface area contributed by atoms with Crippen LogP contribution >= 0.6 is 0 Å². The van der Waals surface area contributed by atoms with E-state index in [1.54, 1.807) is 6.07 Å². The second-order valence-electron chi connectivity index (χ2n) is 2.85. The molecule has 0 amide bonds. The molecule has 0 radical (unpaired) electrons. The van der Waals surface area contributed by atoms with Gasteiger partial charge in [-0.2, -0.15) is 5.26 Å². The standard InChI is InChI=1S/C10H7N3O2/c1-15-10-8-7(2-3-12-10)9(14)6(4-11)5-13-8/h2-3,5H,1H3,(H,13,14). The quantitative estimate of drug-likeness (QED) is 0.750. The molecule has 0 aliphatic rings. The number of aromatic nitrogens is 2. The van der Waals surface area contributed by atoms with Gasteiger partial charge < -0.3 is 9.84 Å². The highest BCUT2D eigenvalue weighted by Crippen LogP contribution is 2.29. The topological polar surface area (TPSA) is 79.0 Å². The molecule has 2 heterocycles. The highest BCUT2D eigenvalue weighted by atomic mass is 16.5. The normalized spacial score (nSPS) is 9.87. The molecular weight excluding hydrogens is 194 g/mol. The fraction of sp³-hybridized carbons (Fsp3) is 0.100. The van der Waals surface area contributed by atoms with Crippen LogP contribution in [0.5, 0.6) is 11.6 Å². The summed E-state index contributed by atoms with van der Waals surface area (Å²) in [6, 6.07) is 3.44. The van der Waals surface area contributed by atoms with Crippen molar-refractivity contribution in [1.82, 2.24) is 9.97 Å². The third-order valence-electron chi connectivity index (χ3n) is 2.04. The SMILES string of the molecule is COc1nccc2c(O)c(C#N)cnc12. The largest absolute Gasteiger partial charge is 0.506 e. The zero-order valence-electron chi connectivity index (χ0n) is 7.93. The lowest BCUT2D eigenvalue weighted by molar-refractivity contribution is 0.402. The molecule has 5 heteroatoms. The summed E-state index contributed by atoms with van der Waals surface area (Å²) in [5.74, 6) is 0.232. The number of rotatable bonds is 1. The van der Waals surface area contributed by atoms with Crippen LogP contribution in [0.15, 0.2) is 18.5 Å². The zero-order chi connectivity index (χ0) is 10.8. The molecular formula is C10H7N3O2. The molecule has 0 saturated carbocycles. The van der Waals surface area contributed by atoms with Gasteiger partial charge in [-0.3, -0.25) is 0 Å². The monoisotopic (exact) mass is 201 g/mol. The number of ether oxygens (including phenoxy) is 1. The first kappa shape index (κ1) is 9.21. The van der Waals surface area contributed by atoms with Gasteiger partial charge in [-0.05, 0) is 6.07 Å². The fourth-order valence-electron chi connectivity index (χ4n) is 1.32. The summed E-state index contributed by atoms with van der Waals surface area (Å²) in [5.41, 5.74) is 0.576. The van der Waals surface area contributed by atoms with Crippen LogP contribution in [0, 0.1) is 11.3 Å². The van der Waals surface area contributed by atoms with Gasteiger partial charge >= 0.3 is 0 Å². The molecule has 0 spiro atoms. The Morgan fingerprint density at radius 2 is 2.27 bits per heavy atom. The van der Waals surface area contributed by atoms with Crippen molar-refractivity contribution in [2.75, 3.05) is 7.11 Å². The van der Waals surface area contributed by atoms with Gasteiger partial charge in [-0.1, -0.05) is 0 Å². The third kappa shape index (κ3) is 1.32. The Morgan fingerprint density at radius 1 is 1.47 bits per heavy atom. The molecule has 2 aromatic rings. The van der Waals surface area contributed by atoms with E-state index in [0.717, 1.165) is 0 Å². The van der Waals surface area contributed by atoms with E-state index < -0.39 is 0 Å². The van der Waals surface area contributed by atoms with Crippen molar-refractivity contribution >= 4 is 10.9 Å². The number of fused-ring (bicyclic) bond motifs is 1. The van der Waals surface area contributed by atoms with Crippen molar-refractivity contribution in [3.63, 3.8) is 0 Å². The van der Waals surface area contributed by atoms with Crippen LogP contribution in [0.3, 0.4) is 0 Å². The zero-order valence-corrected chi connectivity index (χ0v) is 7.93. The summed E-state index contributed by atoms with van der Waals surface area (Å²) in [6.07, 6.45) is 2.78. The van der Waals surface area contributed by atoms with E-state index in [1.807, 2.05) is 6.07 Å². The van der Waals surface area contributed by atoms with E-state index in [4.69, 9.17) is 10.00 Å². The Bertz CT molecular complexity index is 560. The molecule has 0 atom stereocenters. The summed E-state index contributed by atoms with van der Waals surface area (Å²) in [4.78, 5) is 7.96. The maximum atomic E-state index is 9.72. The molecule has 74 valence electrons. The van der Waals surface area contributed by atoms with Crippen molar-refractivity contribution in [3.05, 3.63) is 24.0 Å². The summed E-state index contributed by atoms with van der Waals surface area (Å²) < 4.78 is 4.99. The Morgan fingerprint density at radius 3 is 2.93 bits per heavy atom. The van der Waals surface area contributed by atoms with Gasteiger partial charge in [0.25, 0.3) is 0 Å². The Hall–Kier alpha value is -2.35. The van der Waals surface area contributed by atoms with Gasteiger partial charge in [0, 0.05) is 12.4 Å². The first-order valence-corrected chi connectivity index (χ1v) is 4.18. The molecule has 0 saturated heterocycles. The average molecular weight is 201 g/mol. The molecule has 0 aliphatic heterocycles. The average Bonchev–Trinajstić information content (AvgIpc) is 2.29. The van der Waals surface area contributed by atoms with Crippen molar-refractivity contribution in [3.8, 4) is 17.7 Å². The minimum Gasteiger partial charge on any atom is -0.506 e. The molecule has 0 unspecified atom stereocenters. The third-order valence-corrected chi connectivity index (χ3v) is 2.04. The number of nitriles is 1. The van der Waals surface area contributed by atoms with Crippen LogP contribution in [0.25, 0.3) is 10.9 Å². The van der Waals surface area contributed by atoms with Crippen molar-refractivity contribution in [2.24, 2.45) is 0 Å². The smallest absolute Gasteiger partial charge is 0.240 e. The Kier molecular flexibility index (Phi) is 2.10. The van der Waals surface area contributed by atoms with Crippen molar-refractivity contribution in [2.45, 2.75) is 0 Å². The van der Waals surface area contributed by atoms with Crippen LogP contribution in [-0.2, 0) is 0 Å². The lowest BCUT2D eigenvalue weighted by Gasteiger charge is -2.04. The maximum Gasteiger partial charge on any atom is 0.240 e. The van der Waals surface area contributed by atoms with Crippen LogP contribution in [-0.4, -0.2) is 22.2 Å². The molecule has 0 aliphatic carbocycles. The first-order chi connectivity index (χ1) is 7.27. The summed E-state index contributed by atoms with van der Waals surface area (Å²) in [5, 5.41) is 18.9. The van der Waals surface area contributed by atoms with Gasteiger partial charge in [-0.25, -0.2) is 9.97 Å². The van der Waals surface area contributed by atoms with Crippen LogP contribution < -0.4 is 4.74 Å². The molecule has 0 fully saturated rings. The minimum absolute atomic E-state index is 0.0943. The van der Waals surface area contributed by atoms with Crippen LogP contribution in [0.1, 0.15) is 5.56 Å². The highest BCUT2D eigenvalue weighted by Gasteiger charge is 2.10. The van der Waals surface area contributed by atoms with Gasteiger partial charge in [0.05, 0.1) is 12.5 Å². The lowest BCUT2D eigenvalue weighted by Crippen LogP contribution is -1.92. The molecule has 0 bridgehead atoms. The molecule has 5 nitrogen and oxygen atoms in total. The van der Waals surface area contributed by atoms with Gasteiger partial charge in [0.1, 0.15) is 22.9 Å². The fourth-order valence-corrected chi connectivity index (χ4v) is 1.32.